The first-order valence-electron chi connectivity index (χ1n) is 6.48. The van der Waals surface area contributed by atoms with Gasteiger partial charge in [-0.15, -0.1) is 0 Å². The minimum absolute atomic E-state index is 0.136. The van der Waals surface area contributed by atoms with Crippen LogP contribution in [0.4, 0.5) is 0 Å². The fourth-order valence-corrected chi connectivity index (χ4v) is 3.30. The second-order valence-corrected chi connectivity index (χ2v) is 6.55. The van der Waals surface area contributed by atoms with Gasteiger partial charge in [-0.2, -0.15) is 0 Å². The van der Waals surface area contributed by atoms with Gasteiger partial charge in [-0.3, -0.25) is 14.5 Å². The lowest BCUT2D eigenvalue weighted by Crippen LogP contribution is -2.39. The molecular weight excluding hydrogens is 306 g/mol. The Labute approximate surface area is 122 Å². The van der Waals surface area contributed by atoms with E-state index < -0.39 is 0 Å². The van der Waals surface area contributed by atoms with Crippen LogP contribution < -0.4 is 0 Å². The molecule has 19 heavy (non-hydrogen) atoms. The number of hydrogen-bond donors (Lipinski definition) is 0. The Bertz CT molecular complexity index is 525. The zero-order valence-electron chi connectivity index (χ0n) is 11.4. The van der Waals surface area contributed by atoms with Gasteiger partial charge in [-0.05, 0) is 29.5 Å². The summed E-state index contributed by atoms with van der Waals surface area (Å²) in [6, 6.07) is 5.83. The van der Waals surface area contributed by atoms with Crippen LogP contribution in [0.1, 0.15) is 46.6 Å². The molecule has 1 heterocycles. The third kappa shape index (κ3) is 2.89. The predicted octanol–water partition coefficient (Wildman–Crippen LogP) is 3.32. The summed E-state index contributed by atoms with van der Waals surface area (Å²) in [6.07, 6.45) is 1.33. The first-order chi connectivity index (χ1) is 8.90. The molecule has 0 bridgehead atoms. The van der Waals surface area contributed by atoms with Gasteiger partial charge in [0.2, 0.25) is 5.91 Å². The highest BCUT2D eigenvalue weighted by molar-refractivity contribution is 9.09. The van der Waals surface area contributed by atoms with Gasteiger partial charge in [-0.25, -0.2) is 0 Å². The van der Waals surface area contributed by atoms with E-state index in [0.717, 1.165) is 17.5 Å². The van der Waals surface area contributed by atoms with Crippen LogP contribution in [0.2, 0.25) is 0 Å². The lowest BCUT2D eigenvalue weighted by atomic mass is 9.94. The highest BCUT2D eigenvalue weighted by atomic mass is 79.9. The van der Waals surface area contributed by atoms with E-state index in [-0.39, 0.29) is 16.6 Å². The largest absolute Gasteiger partial charge is 0.281 e. The number of likely N-dealkylation sites (N-methyl/N-ethyl adjacent to an activating group) is 1. The zero-order valence-corrected chi connectivity index (χ0v) is 13.0. The quantitative estimate of drug-likeness (QED) is 0.632. The Morgan fingerprint density at radius 3 is 2.63 bits per heavy atom. The van der Waals surface area contributed by atoms with Crippen LogP contribution in [0.5, 0.6) is 0 Å². The summed E-state index contributed by atoms with van der Waals surface area (Å²) in [5.41, 5.74) is 2.59. The van der Waals surface area contributed by atoms with E-state index in [9.17, 15) is 9.59 Å². The van der Waals surface area contributed by atoms with Gasteiger partial charge in [0.25, 0.3) is 5.91 Å². The molecule has 2 amide bonds. The summed E-state index contributed by atoms with van der Waals surface area (Å²) >= 11 is 3.67. The monoisotopic (exact) mass is 323 g/mol. The maximum atomic E-state index is 12.1. The molecule has 0 spiro atoms. The molecule has 102 valence electrons. The molecule has 0 radical (unpaired) electrons. The predicted molar refractivity (Wildman–Crippen MR) is 78.4 cm³/mol. The molecule has 1 aliphatic heterocycles. The maximum Gasteiger partial charge on any atom is 0.260 e. The lowest BCUT2D eigenvalue weighted by Gasteiger charge is -2.24. The van der Waals surface area contributed by atoms with E-state index in [4.69, 9.17) is 0 Å². The summed E-state index contributed by atoms with van der Waals surface area (Å²) in [5.74, 6) is 0.250. The van der Waals surface area contributed by atoms with Crippen LogP contribution in [0.25, 0.3) is 0 Å². The number of imide groups is 1. The molecule has 1 aliphatic rings. The van der Waals surface area contributed by atoms with Crippen LogP contribution in [0.3, 0.4) is 0 Å². The number of nitrogens with zero attached hydrogens (tertiary/aromatic N) is 1. The number of rotatable bonds is 3. The highest BCUT2D eigenvalue weighted by Gasteiger charge is 2.28. The van der Waals surface area contributed by atoms with E-state index >= 15 is 0 Å². The molecule has 0 fully saturated rings. The average molecular weight is 324 g/mol. The number of carbonyl (C=O) groups excluding carboxylic acids is 2. The minimum Gasteiger partial charge on any atom is -0.281 e. The van der Waals surface area contributed by atoms with Gasteiger partial charge in [0, 0.05) is 17.4 Å². The number of fused-ring (bicyclic) bond motifs is 1. The molecule has 1 atom stereocenters. The normalized spacial score (nSPS) is 16.8. The molecule has 0 aromatic heterocycles. The standard InChI is InChI=1S/C15H18BrNO2/c1-9(2)6-13(16)11-5-4-10-8-14(18)17(3)15(19)12(10)7-11/h4-5,7,9,13H,6,8H2,1-3H3. The molecule has 0 aliphatic carbocycles. The summed E-state index contributed by atoms with van der Waals surface area (Å²) < 4.78 is 0. The third-order valence-electron chi connectivity index (χ3n) is 3.42. The number of carbonyl (C=O) groups is 2. The Morgan fingerprint density at radius 1 is 1.32 bits per heavy atom. The van der Waals surface area contributed by atoms with Gasteiger partial charge in [0.05, 0.1) is 6.42 Å². The van der Waals surface area contributed by atoms with Gasteiger partial charge >= 0.3 is 0 Å². The molecule has 1 aromatic rings. The molecule has 1 unspecified atom stereocenters. The number of amides is 2. The van der Waals surface area contributed by atoms with E-state index in [1.54, 1.807) is 7.05 Å². The summed E-state index contributed by atoms with van der Waals surface area (Å²) in [5, 5.41) is 0. The Balaban J connectivity index is 2.33. The first kappa shape index (κ1) is 14.3. The molecule has 1 aromatic carbocycles. The van der Waals surface area contributed by atoms with Crippen molar-refractivity contribution in [2.45, 2.75) is 31.5 Å². The van der Waals surface area contributed by atoms with Crippen LogP contribution in [-0.2, 0) is 11.2 Å². The Morgan fingerprint density at radius 2 is 2.00 bits per heavy atom. The van der Waals surface area contributed by atoms with Crippen molar-refractivity contribution >= 4 is 27.7 Å². The Hall–Kier alpha value is -1.16. The van der Waals surface area contributed by atoms with Crippen LogP contribution in [0.15, 0.2) is 18.2 Å². The van der Waals surface area contributed by atoms with Crippen LogP contribution in [-0.4, -0.2) is 23.8 Å². The van der Waals surface area contributed by atoms with Crippen molar-refractivity contribution in [3.63, 3.8) is 0 Å². The number of halogens is 1. The Kier molecular flexibility index (Phi) is 4.09. The van der Waals surface area contributed by atoms with E-state index in [0.29, 0.717) is 17.9 Å². The number of alkyl halides is 1. The van der Waals surface area contributed by atoms with Crippen molar-refractivity contribution in [2.75, 3.05) is 7.05 Å². The molecule has 3 nitrogen and oxygen atoms in total. The molecule has 0 saturated heterocycles. The smallest absolute Gasteiger partial charge is 0.260 e. The summed E-state index contributed by atoms with van der Waals surface area (Å²) in [4.78, 5) is 25.2. The fourth-order valence-electron chi connectivity index (χ4n) is 2.27. The fraction of sp³-hybridized carbons (Fsp3) is 0.467. The highest BCUT2D eigenvalue weighted by Crippen LogP contribution is 2.32. The van der Waals surface area contributed by atoms with Crippen LogP contribution >= 0.6 is 15.9 Å². The second kappa shape index (κ2) is 5.45. The molecule has 2 rings (SSSR count). The summed E-state index contributed by atoms with van der Waals surface area (Å²) in [7, 11) is 1.54. The molecule has 4 heteroatoms. The third-order valence-corrected chi connectivity index (χ3v) is 4.33. The minimum atomic E-state index is -0.197. The van der Waals surface area contributed by atoms with Crippen molar-refractivity contribution in [3.8, 4) is 0 Å². The molecule has 0 saturated carbocycles. The van der Waals surface area contributed by atoms with E-state index in [1.807, 2.05) is 18.2 Å². The van der Waals surface area contributed by atoms with Crippen molar-refractivity contribution in [1.82, 2.24) is 4.90 Å². The maximum absolute atomic E-state index is 12.1. The van der Waals surface area contributed by atoms with Gasteiger partial charge in [-0.1, -0.05) is 41.9 Å². The average Bonchev–Trinajstić information content (AvgIpc) is 2.35. The van der Waals surface area contributed by atoms with Crippen LogP contribution in [0, 0.1) is 5.92 Å². The lowest BCUT2D eigenvalue weighted by molar-refractivity contribution is -0.127. The van der Waals surface area contributed by atoms with Gasteiger partial charge < -0.3 is 0 Å². The molecule has 0 N–H and O–H groups in total. The first-order valence-corrected chi connectivity index (χ1v) is 7.39. The molecular formula is C15H18BrNO2. The van der Waals surface area contributed by atoms with Crippen molar-refractivity contribution in [2.24, 2.45) is 5.92 Å². The van der Waals surface area contributed by atoms with Gasteiger partial charge in [0.1, 0.15) is 0 Å². The van der Waals surface area contributed by atoms with Crippen molar-refractivity contribution < 1.29 is 9.59 Å². The number of hydrogen-bond acceptors (Lipinski definition) is 2. The van der Waals surface area contributed by atoms with E-state index in [1.165, 1.54) is 4.90 Å². The topological polar surface area (TPSA) is 37.4 Å². The van der Waals surface area contributed by atoms with Crippen molar-refractivity contribution in [1.29, 1.82) is 0 Å². The van der Waals surface area contributed by atoms with E-state index in [2.05, 4.69) is 29.8 Å². The second-order valence-electron chi connectivity index (χ2n) is 5.45. The SMILES string of the molecule is CC(C)CC(Br)c1ccc2c(c1)C(=O)N(C)C(=O)C2. The van der Waals surface area contributed by atoms with Crippen molar-refractivity contribution in [3.05, 3.63) is 34.9 Å². The zero-order chi connectivity index (χ0) is 14.2. The summed E-state index contributed by atoms with van der Waals surface area (Å²) in [6.45, 7) is 4.34. The number of benzene rings is 1. The van der Waals surface area contributed by atoms with Gasteiger partial charge in [0.15, 0.2) is 0 Å².